The highest BCUT2D eigenvalue weighted by atomic mass is 79.9. The van der Waals surface area contributed by atoms with Crippen molar-refractivity contribution in [3.05, 3.63) is 26.9 Å². The SMILES string of the molecule is CC(=O)N1CCN(c2c(F)cc(Br)cc2Br)CC1. The number of rotatable bonds is 1. The van der Waals surface area contributed by atoms with E-state index in [4.69, 9.17) is 0 Å². The number of piperazine rings is 1. The summed E-state index contributed by atoms with van der Waals surface area (Å²) in [6.07, 6.45) is 0. The standard InChI is InChI=1S/C12H13Br2FN2O/c1-8(18)16-2-4-17(5-3-16)12-10(14)6-9(13)7-11(12)15/h6-7H,2-5H2,1H3. The van der Waals surface area contributed by atoms with Crippen LogP contribution in [-0.4, -0.2) is 37.0 Å². The van der Waals surface area contributed by atoms with Crippen LogP contribution in [0, 0.1) is 5.82 Å². The molecule has 1 aromatic carbocycles. The molecule has 1 saturated heterocycles. The van der Waals surface area contributed by atoms with Crippen LogP contribution in [0.3, 0.4) is 0 Å². The van der Waals surface area contributed by atoms with Gasteiger partial charge in [-0.25, -0.2) is 4.39 Å². The Kier molecular flexibility index (Phi) is 4.27. The summed E-state index contributed by atoms with van der Waals surface area (Å²) in [6.45, 7) is 4.13. The van der Waals surface area contributed by atoms with Gasteiger partial charge in [-0.05, 0) is 28.1 Å². The summed E-state index contributed by atoms with van der Waals surface area (Å²) in [4.78, 5) is 15.0. The lowest BCUT2D eigenvalue weighted by molar-refractivity contribution is -0.129. The summed E-state index contributed by atoms with van der Waals surface area (Å²) in [5.74, 6) is -0.183. The molecule has 0 saturated carbocycles. The maximum atomic E-state index is 14.0. The molecule has 98 valence electrons. The van der Waals surface area contributed by atoms with Crippen LogP contribution >= 0.6 is 31.9 Å². The van der Waals surface area contributed by atoms with Crippen LogP contribution in [0.25, 0.3) is 0 Å². The molecule has 1 amide bonds. The van der Waals surface area contributed by atoms with E-state index in [0.717, 1.165) is 4.47 Å². The van der Waals surface area contributed by atoms with Crippen LogP contribution in [0.5, 0.6) is 0 Å². The summed E-state index contributed by atoms with van der Waals surface area (Å²) < 4.78 is 15.4. The summed E-state index contributed by atoms with van der Waals surface area (Å²) in [7, 11) is 0. The summed E-state index contributed by atoms with van der Waals surface area (Å²) in [6, 6.07) is 3.28. The first-order valence-electron chi connectivity index (χ1n) is 5.64. The summed E-state index contributed by atoms with van der Waals surface area (Å²) in [5.41, 5.74) is 0.571. The highest BCUT2D eigenvalue weighted by molar-refractivity contribution is 9.11. The van der Waals surface area contributed by atoms with Crippen molar-refractivity contribution in [2.24, 2.45) is 0 Å². The third-order valence-electron chi connectivity index (χ3n) is 3.02. The molecule has 6 heteroatoms. The molecule has 1 heterocycles. The topological polar surface area (TPSA) is 23.6 Å². The van der Waals surface area contributed by atoms with E-state index in [1.165, 1.54) is 6.07 Å². The third kappa shape index (κ3) is 2.85. The minimum atomic E-state index is -0.257. The zero-order valence-corrected chi connectivity index (χ0v) is 13.1. The molecule has 0 N–H and O–H groups in total. The highest BCUT2D eigenvalue weighted by Gasteiger charge is 2.22. The maximum absolute atomic E-state index is 14.0. The van der Waals surface area contributed by atoms with Crippen molar-refractivity contribution >= 4 is 43.5 Å². The lowest BCUT2D eigenvalue weighted by Crippen LogP contribution is -2.48. The molecule has 2 rings (SSSR count). The van der Waals surface area contributed by atoms with Gasteiger partial charge in [-0.15, -0.1) is 0 Å². The minimum Gasteiger partial charge on any atom is -0.365 e. The second-order valence-corrected chi connectivity index (χ2v) is 5.98. The smallest absolute Gasteiger partial charge is 0.219 e. The molecule has 1 aliphatic heterocycles. The molecule has 1 fully saturated rings. The lowest BCUT2D eigenvalue weighted by Gasteiger charge is -2.36. The van der Waals surface area contributed by atoms with Crippen LogP contribution in [0.15, 0.2) is 21.1 Å². The third-order valence-corrected chi connectivity index (χ3v) is 4.09. The summed E-state index contributed by atoms with van der Waals surface area (Å²) >= 11 is 6.64. The first kappa shape index (κ1) is 13.8. The summed E-state index contributed by atoms with van der Waals surface area (Å²) in [5, 5.41) is 0. The Balaban J connectivity index is 2.17. The van der Waals surface area contributed by atoms with Crippen molar-refractivity contribution < 1.29 is 9.18 Å². The molecule has 0 unspecified atom stereocenters. The van der Waals surface area contributed by atoms with Gasteiger partial charge < -0.3 is 9.80 Å². The Morgan fingerprint density at radius 1 is 1.22 bits per heavy atom. The number of nitrogens with zero attached hydrogens (tertiary/aromatic N) is 2. The Bertz CT molecular complexity index is 450. The molecule has 18 heavy (non-hydrogen) atoms. The molecule has 0 spiro atoms. The monoisotopic (exact) mass is 378 g/mol. The number of halogens is 3. The van der Waals surface area contributed by atoms with Crippen LogP contribution in [0.2, 0.25) is 0 Å². The van der Waals surface area contributed by atoms with Crippen molar-refractivity contribution in [1.29, 1.82) is 0 Å². The van der Waals surface area contributed by atoms with E-state index < -0.39 is 0 Å². The highest BCUT2D eigenvalue weighted by Crippen LogP contribution is 2.33. The normalized spacial score (nSPS) is 16.0. The second-order valence-electron chi connectivity index (χ2n) is 4.21. The number of carbonyl (C=O) groups excluding carboxylic acids is 1. The van der Waals surface area contributed by atoms with Gasteiger partial charge in [0.2, 0.25) is 5.91 Å². The van der Waals surface area contributed by atoms with Gasteiger partial charge in [0.05, 0.1) is 5.69 Å². The number of hydrogen-bond acceptors (Lipinski definition) is 2. The molecule has 0 bridgehead atoms. The van der Waals surface area contributed by atoms with Gasteiger partial charge in [-0.3, -0.25) is 4.79 Å². The van der Waals surface area contributed by atoms with E-state index in [2.05, 4.69) is 31.9 Å². The maximum Gasteiger partial charge on any atom is 0.219 e. The molecule has 0 aliphatic carbocycles. The molecule has 0 aromatic heterocycles. The first-order valence-corrected chi connectivity index (χ1v) is 7.22. The Morgan fingerprint density at radius 3 is 2.33 bits per heavy atom. The van der Waals surface area contributed by atoms with Gasteiger partial charge in [0.15, 0.2) is 0 Å². The fraction of sp³-hybridized carbons (Fsp3) is 0.417. The predicted molar refractivity (Wildman–Crippen MR) is 76.3 cm³/mol. The Hall–Kier alpha value is -0.620. The number of anilines is 1. The van der Waals surface area contributed by atoms with Gasteiger partial charge >= 0.3 is 0 Å². The number of benzene rings is 1. The molecular weight excluding hydrogens is 367 g/mol. The van der Waals surface area contributed by atoms with Crippen molar-refractivity contribution in [1.82, 2.24) is 4.90 Å². The van der Waals surface area contributed by atoms with Crippen LogP contribution < -0.4 is 4.90 Å². The van der Waals surface area contributed by atoms with E-state index in [0.29, 0.717) is 36.3 Å². The molecule has 3 nitrogen and oxygen atoms in total. The van der Waals surface area contributed by atoms with Crippen molar-refractivity contribution in [2.45, 2.75) is 6.92 Å². The average molecular weight is 380 g/mol. The van der Waals surface area contributed by atoms with E-state index in [-0.39, 0.29) is 11.7 Å². The van der Waals surface area contributed by atoms with Crippen molar-refractivity contribution in [2.75, 3.05) is 31.1 Å². The molecule has 0 radical (unpaired) electrons. The lowest BCUT2D eigenvalue weighted by atomic mass is 10.2. The van der Waals surface area contributed by atoms with Crippen LogP contribution in [0.1, 0.15) is 6.92 Å². The predicted octanol–water partition coefficient (Wildman–Crippen LogP) is 3.02. The van der Waals surface area contributed by atoms with Gasteiger partial charge in [0, 0.05) is 42.0 Å². The molecular formula is C12H13Br2FN2O. The van der Waals surface area contributed by atoms with Crippen molar-refractivity contribution in [3.63, 3.8) is 0 Å². The minimum absolute atomic E-state index is 0.0741. The largest absolute Gasteiger partial charge is 0.365 e. The zero-order chi connectivity index (χ0) is 13.3. The quantitative estimate of drug-likeness (QED) is 0.748. The molecule has 0 atom stereocenters. The fourth-order valence-electron chi connectivity index (χ4n) is 2.08. The zero-order valence-electron chi connectivity index (χ0n) is 9.92. The molecule has 1 aliphatic rings. The van der Waals surface area contributed by atoms with E-state index >= 15 is 0 Å². The van der Waals surface area contributed by atoms with Gasteiger partial charge in [0.25, 0.3) is 0 Å². The van der Waals surface area contributed by atoms with Gasteiger partial charge in [-0.1, -0.05) is 15.9 Å². The number of carbonyl (C=O) groups is 1. The Labute approximate surface area is 122 Å². The Morgan fingerprint density at radius 2 is 1.83 bits per heavy atom. The van der Waals surface area contributed by atoms with Crippen LogP contribution in [-0.2, 0) is 4.79 Å². The number of hydrogen-bond donors (Lipinski definition) is 0. The fourth-order valence-corrected chi connectivity index (χ4v) is 3.51. The van der Waals surface area contributed by atoms with Crippen LogP contribution in [0.4, 0.5) is 10.1 Å². The van der Waals surface area contributed by atoms with E-state index in [1.807, 2.05) is 11.0 Å². The van der Waals surface area contributed by atoms with E-state index in [1.54, 1.807) is 11.8 Å². The average Bonchev–Trinajstić information content (AvgIpc) is 2.28. The molecule has 1 aromatic rings. The number of amides is 1. The second kappa shape index (κ2) is 5.57. The van der Waals surface area contributed by atoms with Gasteiger partial charge in [-0.2, -0.15) is 0 Å². The van der Waals surface area contributed by atoms with Gasteiger partial charge in [0.1, 0.15) is 5.82 Å². The first-order chi connectivity index (χ1) is 8.49. The van der Waals surface area contributed by atoms with Crippen molar-refractivity contribution in [3.8, 4) is 0 Å². The van der Waals surface area contributed by atoms with E-state index in [9.17, 15) is 9.18 Å².